The predicted octanol–water partition coefficient (Wildman–Crippen LogP) is 4.49. The summed E-state index contributed by atoms with van der Waals surface area (Å²) in [5, 5.41) is 1.69. The van der Waals surface area contributed by atoms with Crippen molar-refractivity contribution in [2.75, 3.05) is 9.96 Å². The van der Waals surface area contributed by atoms with E-state index in [9.17, 15) is 14.0 Å². The number of carbonyl (C=O) groups excluding carboxylic acids is 2. The van der Waals surface area contributed by atoms with Gasteiger partial charge in [0.2, 0.25) is 5.91 Å². The summed E-state index contributed by atoms with van der Waals surface area (Å²) < 4.78 is 13.4. The standard InChI is InChI=1S/C25H21FN2O3/c1-15-8-13-20(16(2)14-15)22-21-23(31-28(22)19-6-4-3-5-7-19)25(30)27(24(21)29)18-11-9-17(26)10-12-18/h3-14,21-23H,1-2H3. The van der Waals surface area contributed by atoms with Gasteiger partial charge in [0.25, 0.3) is 5.91 Å². The number of aryl methyl sites for hydroxylation is 2. The van der Waals surface area contributed by atoms with E-state index < -0.39 is 29.8 Å². The van der Waals surface area contributed by atoms with Gasteiger partial charge < -0.3 is 0 Å². The maximum Gasteiger partial charge on any atom is 0.266 e. The number of benzene rings is 3. The summed E-state index contributed by atoms with van der Waals surface area (Å²) in [7, 11) is 0. The first kappa shape index (κ1) is 19.5. The van der Waals surface area contributed by atoms with E-state index in [2.05, 4.69) is 6.07 Å². The topological polar surface area (TPSA) is 49.9 Å². The van der Waals surface area contributed by atoms with Gasteiger partial charge in [0.05, 0.1) is 17.4 Å². The smallest absolute Gasteiger partial charge is 0.266 e. The van der Waals surface area contributed by atoms with E-state index >= 15 is 0 Å². The number of halogens is 1. The second-order valence-corrected chi connectivity index (χ2v) is 8.01. The number of hydroxylamine groups is 1. The Hall–Kier alpha value is -3.51. The highest BCUT2D eigenvalue weighted by Crippen LogP contribution is 2.48. The molecule has 0 aliphatic carbocycles. The van der Waals surface area contributed by atoms with Crippen molar-refractivity contribution < 1.29 is 18.8 Å². The molecular formula is C25H21FN2O3. The maximum absolute atomic E-state index is 13.5. The molecule has 6 heteroatoms. The van der Waals surface area contributed by atoms with Crippen LogP contribution in [0, 0.1) is 25.6 Å². The quantitative estimate of drug-likeness (QED) is 0.590. The van der Waals surface area contributed by atoms with Crippen LogP contribution in [0.5, 0.6) is 0 Å². The number of amides is 2. The minimum absolute atomic E-state index is 0.343. The van der Waals surface area contributed by atoms with Gasteiger partial charge in [-0.15, -0.1) is 0 Å². The van der Waals surface area contributed by atoms with E-state index in [1.807, 2.05) is 56.3 Å². The molecule has 0 radical (unpaired) electrons. The third kappa shape index (κ3) is 3.11. The molecule has 5 nitrogen and oxygen atoms in total. The van der Waals surface area contributed by atoms with Crippen LogP contribution in [0.15, 0.2) is 72.8 Å². The third-order valence-corrected chi connectivity index (χ3v) is 5.95. The number of para-hydroxylation sites is 1. The van der Waals surface area contributed by atoms with Crippen molar-refractivity contribution in [2.24, 2.45) is 5.92 Å². The summed E-state index contributed by atoms with van der Waals surface area (Å²) in [6, 6.07) is 20.4. The monoisotopic (exact) mass is 416 g/mol. The number of nitrogens with zero attached hydrogens (tertiary/aromatic N) is 2. The van der Waals surface area contributed by atoms with Crippen LogP contribution < -0.4 is 9.96 Å². The van der Waals surface area contributed by atoms with Crippen LogP contribution in [0.25, 0.3) is 0 Å². The summed E-state index contributed by atoms with van der Waals surface area (Å²) in [6.45, 7) is 4.01. The molecule has 0 N–H and O–H groups in total. The Morgan fingerprint density at radius 3 is 2.23 bits per heavy atom. The summed E-state index contributed by atoms with van der Waals surface area (Å²) in [5.74, 6) is -1.92. The lowest BCUT2D eigenvalue weighted by Crippen LogP contribution is -2.37. The molecule has 2 fully saturated rings. The Balaban J connectivity index is 1.61. The van der Waals surface area contributed by atoms with Crippen LogP contribution >= 0.6 is 0 Å². The van der Waals surface area contributed by atoms with Gasteiger partial charge >= 0.3 is 0 Å². The molecule has 156 valence electrons. The van der Waals surface area contributed by atoms with Crippen LogP contribution in [0.3, 0.4) is 0 Å². The van der Waals surface area contributed by atoms with Gasteiger partial charge in [-0.05, 0) is 61.4 Å². The lowest BCUT2D eigenvalue weighted by Gasteiger charge is -2.29. The number of hydrogen-bond donors (Lipinski definition) is 0. The number of anilines is 2. The molecule has 0 saturated carbocycles. The number of imide groups is 1. The third-order valence-electron chi connectivity index (χ3n) is 5.95. The Labute approximate surface area is 179 Å². The van der Waals surface area contributed by atoms with Crippen LogP contribution in [0.4, 0.5) is 15.8 Å². The lowest BCUT2D eigenvalue weighted by molar-refractivity contribution is -0.126. The first-order valence-corrected chi connectivity index (χ1v) is 10.2. The van der Waals surface area contributed by atoms with Gasteiger partial charge in [-0.3, -0.25) is 14.4 Å². The maximum atomic E-state index is 13.5. The highest BCUT2D eigenvalue weighted by molar-refractivity contribution is 6.23. The zero-order chi connectivity index (χ0) is 21.7. The molecule has 3 aromatic carbocycles. The van der Waals surface area contributed by atoms with Crippen molar-refractivity contribution in [3.63, 3.8) is 0 Å². The van der Waals surface area contributed by atoms with Crippen molar-refractivity contribution in [1.82, 2.24) is 0 Å². The van der Waals surface area contributed by atoms with Crippen molar-refractivity contribution in [3.05, 3.63) is 95.3 Å². The van der Waals surface area contributed by atoms with Crippen LogP contribution in [0.1, 0.15) is 22.7 Å². The molecule has 3 atom stereocenters. The minimum Gasteiger partial charge on any atom is -0.273 e. The van der Waals surface area contributed by atoms with E-state index in [1.165, 1.54) is 24.3 Å². The zero-order valence-electron chi connectivity index (χ0n) is 17.2. The Morgan fingerprint density at radius 2 is 1.55 bits per heavy atom. The predicted molar refractivity (Wildman–Crippen MR) is 115 cm³/mol. The van der Waals surface area contributed by atoms with Crippen molar-refractivity contribution in [2.45, 2.75) is 26.0 Å². The van der Waals surface area contributed by atoms with E-state index in [4.69, 9.17) is 4.84 Å². The summed E-state index contributed by atoms with van der Waals surface area (Å²) in [5.41, 5.74) is 4.19. The highest BCUT2D eigenvalue weighted by Gasteiger charge is 2.60. The Bertz CT molecular complexity index is 1160. The number of rotatable bonds is 3. The fraction of sp³-hybridized carbons (Fsp3) is 0.200. The normalized spacial score (nSPS) is 22.9. The highest BCUT2D eigenvalue weighted by atomic mass is 19.1. The molecule has 0 bridgehead atoms. The molecule has 2 aliphatic heterocycles. The average Bonchev–Trinajstić information content (AvgIpc) is 3.26. The largest absolute Gasteiger partial charge is 0.273 e. The molecule has 2 amide bonds. The van der Waals surface area contributed by atoms with E-state index in [-0.39, 0.29) is 5.91 Å². The van der Waals surface area contributed by atoms with Gasteiger partial charge in [-0.2, -0.15) is 0 Å². The van der Waals surface area contributed by atoms with E-state index in [0.29, 0.717) is 5.69 Å². The SMILES string of the molecule is Cc1ccc(C2C3C(=O)N(c4ccc(F)cc4)C(=O)C3ON2c2ccccc2)c(C)c1. The Morgan fingerprint density at radius 1 is 0.839 bits per heavy atom. The van der Waals surface area contributed by atoms with E-state index in [1.54, 1.807) is 5.06 Å². The molecule has 2 aliphatic rings. The first-order valence-electron chi connectivity index (χ1n) is 10.2. The zero-order valence-corrected chi connectivity index (χ0v) is 17.2. The second kappa shape index (κ2) is 7.32. The first-order chi connectivity index (χ1) is 15.0. The summed E-state index contributed by atoms with van der Waals surface area (Å²) >= 11 is 0. The van der Waals surface area contributed by atoms with Crippen molar-refractivity contribution >= 4 is 23.2 Å². The van der Waals surface area contributed by atoms with Gasteiger partial charge in [0.15, 0.2) is 6.10 Å². The molecule has 0 spiro atoms. The lowest BCUT2D eigenvalue weighted by atomic mass is 9.87. The van der Waals surface area contributed by atoms with Gasteiger partial charge in [0, 0.05) is 0 Å². The molecule has 31 heavy (non-hydrogen) atoms. The molecule has 3 unspecified atom stereocenters. The fourth-order valence-corrected chi connectivity index (χ4v) is 4.53. The minimum atomic E-state index is -0.941. The average molecular weight is 416 g/mol. The molecule has 0 aromatic heterocycles. The van der Waals surface area contributed by atoms with Crippen LogP contribution in [-0.4, -0.2) is 17.9 Å². The summed E-state index contributed by atoms with van der Waals surface area (Å²) in [4.78, 5) is 34.0. The number of fused-ring (bicyclic) bond motifs is 1. The van der Waals surface area contributed by atoms with Crippen molar-refractivity contribution in [3.8, 4) is 0 Å². The molecule has 2 saturated heterocycles. The number of hydrogen-bond acceptors (Lipinski definition) is 4. The van der Waals surface area contributed by atoms with Crippen molar-refractivity contribution in [1.29, 1.82) is 0 Å². The second-order valence-electron chi connectivity index (χ2n) is 8.01. The van der Waals surface area contributed by atoms with Gasteiger partial charge in [-0.25, -0.2) is 14.4 Å². The molecular weight excluding hydrogens is 395 g/mol. The van der Waals surface area contributed by atoms with Gasteiger partial charge in [0.1, 0.15) is 11.7 Å². The summed E-state index contributed by atoms with van der Waals surface area (Å²) in [6.07, 6.45) is -0.941. The molecule has 5 rings (SSSR count). The fourth-order valence-electron chi connectivity index (χ4n) is 4.53. The van der Waals surface area contributed by atoms with Gasteiger partial charge in [-0.1, -0.05) is 42.0 Å². The van der Waals surface area contributed by atoms with Crippen LogP contribution in [0.2, 0.25) is 0 Å². The Kier molecular flexibility index (Phi) is 4.59. The molecule has 2 heterocycles. The number of carbonyl (C=O) groups is 2. The van der Waals surface area contributed by atoms with Crippen LogP contribution in [-0.2, 0) is 14.4 Å². The van der Waals surface area contributed by atoms with E-state index in [0.717, 1.165) is 27.3 Å². The molecule has 3 aromatic rings.